The van der Waals surface area contributed by atoms with Gasteiger partial charge in [-0.2, -0.15) is 0 Å². The first-order valence-corrected chi connectivity index (χ1v) is 8.05. The second-order valence-corrected chi connectivity index (χ2v) is 6.03. The Morgan fingerprint density at radius 1 is 1.32 bits per heavy atom. The molecule has 0 aliphatic carbocycles. The van der Waals surface area contributed by atoms with Crippen molar-refractivity contribution in [2.45, 2.75) is 38.6 Å². The van der Waals surface area contributed by atoms with E-state index in [-0.39, 0.29) is 55.5 Å². The van der Waals surface area contributed by atoms with Gasteiger partial charge >= 0.3 is 0 Å². The molecule has 8 heteroatoms. The van der Waals surface area contributed by atoms with Crippen molar-refractivity contribution < 1.29 is 14.3 Å². The van der Waals surface area contributed by atoms with Crippen molar-refractivity contribution in [1.29, 1.82) is 0 Å². The smallest absolute Gasteiger partial charge is 0.227 e. The molecule has 1 saturated heterocycles. The first-order chi connectivity index (χ1) is 11.0. The average Bonchev–Trinajstić information content (AvgIpc) is 2.52. The van der Waals surface area contributed by atoms with Gasteiger partial charge in [0.15, 0.2) is 0 Å². The molecular weight excluding hydrogens is 365 g/mol. The standard InChI is InChI=1S/C17H27N3O3.2ClH/c1-12-10-20(11-13(2)23-12)16-7-5-4-6-15(16)19-17(21)8-14(9-18)22-3;;/h4-7,12-14H,8-11,18H2,1-3H3,(H,19,21);2*1H. The summed E-state index contributed by atoms with van der Waals surface area (Å²) in [5, 5.41) is 2.98. The molecule has 1 aliphatic heterocycles. The molecule has 3 unspecified atom stereocenters. The molecule has 25 heavy (non-hydrogen) atoms. The Bertz CT molecular complexity index is 520. The van der Waals surface area contributed by atoms with Crippen molar-refractivity contribution >= 4 is 42.1 Å². The van der Waals surface area contributed by atoms with Gasteiger partial charge in [-0.15, -0.1) is 24.8 Å². The highest BCUT2D eigenvalue weighted by Gasteiger charge is 2.24. The lowest BCUT2D eigenvalue weighted by molar-refractivity contribution is -0.118. The molecule has 0 radical (unpaired) electrons. The average molecular weight is 394 g/mol. The number of carbonyl (C=O) groups excluding carboxylic acids is 1. The molecule has 3 N–H and O–H groups in total. The van der Waals surface area contributed by atoms with E-state index < -0.39 is 0 Å². The SMILES string of the molecule is COC(CN)CC(=O)Nc1ccccc1N1CC(C)OC(C)C1.Cl.Cl. The number of rotatable bonds is 6. The van der Waals surface area contributed by atoms with Crippen LogP contribution in [-0.2, 0) is 14.3 Å². The molecule has 0 saturated carbocycles. The Morgan fingerprint density at radius 3 is 2.48 bits per heavy atom. The molecular formula is C17H29Cl2N3O3. The topological polar surface area (TPSA) is 76.8 Å². The van der Waals surface area contributed by atoms with Crippen LogP contribution in [0.1, 0.15) is 20.3 Å². The van der Waals surface area contributed by atoms with E-state index in [1.807, 2.05) is 24.3 Å². The number of benzene rings is 1. The molecule has 1 aromatic rings. The van der Waals surface area contributed by atoms with Gasteiger partial charge in [0.1, 0.15) is 0 Å². The Morgan fingerprint density at radius 2 is 1.92 bits per heavy atom. The number of hydrogen-bond donors (Lipinski definition) is 2. The number of amides is 1. The van der Waals surface area contributed by atoms with Crippen LogP contribution >= 0.6 is 24.8 Å². The summed E-state index contributed by atoms with van der Waals surface area (Å²) < 4.78 is 11.0. The van der Waals surface area contributed by atoms with E-state index in [0.717, 1.165) is 24.5 Å². The third-order valence-corrected chi connectivity index (χ3v) is 3.95. The molecule has 0 bridgehead atoms. The summed E-state index contributed by atoms with van der Waals surface area (Å²) in [6.45, 7) is 6.06. The van der Waals surface area contributed by atoms with Crippen LogP contribution in [0.2, 0.25) is 0 Å². The molecule has 1 aromatic carbocycles. The number of hydrogen-bond acceptors (Lipinski definition) is 5. The van der Waals surface area contributed by atoms with E-state index in [0.29, 0.717) is 6.54 Å². The lowest BCUT2D eigenvalue weighted by Gasteiger charge is -2.37. The van der Waals surface area contributed by atoms with Gasteiger partial charge in [-0.25, -0.2) is 0 Å². The quantitative estimate of drug-likeness (QED) is 0.775. The molecule has 0 aromatic heterocycles. The first-order valence-electron chi connectivity index (χ1n) is 8.05. The summed E-state index contributed by atoms with van der Waals surface area (Å²) in [6.07, 6.45) is 0.317. The highest BCUT2D eigenvalue weighted by atomic mass is 35.5. The van der Waals surface area contributed by atoms with E-state index in [9.17, 15) is 4.79 Å². The van der Waals surface area contributed by atoms with Crippen LogP contribution in [0.25, 0.3) is 0 Å². The fourth-order valence-electron chi connectivity index (χ4n) is 2.90. The Kier molecular flexibility index (Phi) is 11.1. The summed E-state index contributed by atoms with van der Waals surface area (Å²) in [5.41, 5.74) is 7.40. The predicted octanol–water partition coefficient (Wildman–Crippen LogP) is 2.45. The van der Waals surface area contributed by atoms with E-state index in [2.05, 4.69) is 24.1 Å². The number of para-hydroxylation sites is 2. The number of anilines is 2. The van der Waals surface area contributed by atoms with Gasteiger partial charge in [0.25, 0.3) is 0 Å². The predicted molar refractivity (Wildman–Crippen MR) is 106 cm³/mol. The van der Waals surface area contributed by atoms with Gasteiger partial charge in [0.2, 0.25) is 5.91 Å². The van der Waals surface area contributed by atoms with Crippen LogP contribution in [0.15, 0.2) is 24.3 Å². The zero-order valence-electron chi connectivity index (χ0n) is 14.9. The first kappa shape index (κ1) is 23.9. The molecule has 6 nitrogen and oxygen atoms in total. The number of nitrogens with two attached hydrogens (primary N) is 1. The summed E-state index contributed by atoms with van der Waals surface area (Å²) in [5.74, 6) is -0.0934. The largest absolute Gasteiger partial charge is 0.380 e. The van der Waals surface area contributed by atoms with E-state index >= 15 is 0 Å². The second kappa shape index (κ2) is 11.5. The van der Waals surface area contributed by atoms with Gasteiger partial charge in [-0.05, 0) is 26.0 Å². The van der Waals surface area contributed by atoms with Crippen LogP contribution in [0.5, 0.6) is 0 Å². The summed E-state index contributed by atoms with van der Waals surface area (Å²) in [6, 6.07) is 7.84. The highest BCUT2D eigenvalue weighted by molar-refractivity contribution is 5.94. The minimum absolute atomic E-state index is 0. The molecule has 1 amide bonds. The molecule has 1 fully saturated rings. The number of nitrogens with zero attached hydrogens (tertiary/aromatic N) is 1. The normalized spacial score (nSPS) is 20.9. The van der Waals surface area contributed by atoms with E-state index in [4.69, 9.17) is 15.2 Å². The lowest BCUT2D eigenvalue weighted by Crippen LogP contribution is -2.45. The maximum absolute atomic E-state index is 12.2. The van der Waals surface area contributed by atoms with Crippen LogP contribution in [0, 0.1) is 0 Å². The van der Waals surface area contributed by atoms with Gasteiger partial charge in [0.05, 0.1) is 36.1 Å². The van der Waals surface area contributed by atoms with Crippen molar-refractivity contribution in [1.82, 2.24) is 0 Å². The fourth-order valence-corrected chi connectivity index (χ4v) is 2.90. The minimum Gasteiger partial charge on any atom is -0.380 e. The molecule has 144 valence electrons. The molecule has 0 spiro atoms. The van der Waals surface area contributed by atoms with Gasteiger partial charge in [-0.3, -0.25) is 4.79 Å². The van der Waals surface area contributed by atoms with Crippen molar-refractivity contribution in [2.75, 3.05) is 37.0 Å². The summed E-state index contributed by atoms with van der Waals surface area (Å²) >= 11 is 0. The van der Waals surface area contributed by atoms with E-state index in [1.54, 1.807) is 7.11 Å². The minimum atomic E-state index is -0.259. The number of nitrogens with one attached hydrogen (secondary N) is 1. The maximum Gasteiger partial charge on any atom is 0.227 e. The van der Waals surface area contributed by atoms with Crippen LogP contribution < -0.4 is 16.0 Å². The summed E-state index contributed by atoms with van der Waals surface area (Å²) in [4.78, 5) is 14.5. The Balaban J connectivity index is 0.00000288. The molecule has 1 aliphatic rings. The zero-order chi connectivity index (χ0) is 16.8. The number of methoxy groups -OCH3 is 1. The lowest BCUT2D eigenvalue weighted by atomic mass is 10.1. The number of halogens is 2. The molecule has 2 rings (SSSR count). The van der Waals surface area contributed by atoms with Crippen molar-refractivity contribution in [3.63, 3.8) is 0 Å². The monoisotopic (exact) mass is 393 g/mol. The number of morpholine rings is 1. The van der Waals surface area contributed by atoms with Gasteiger partial charge in [0, 0.05) is 26.7 Å². The Hall–Kier alpha value is -1.05. The van der Waals surface area contributed by atoms with Crippen LogP contribution in [0.4, 0.5) is 11.4 Å². The fraction of sp³-hybridized carbons (Fsp3) is 0.588. The Labute approximate surface area is 162 Å². The summed E-state index contributed by atoms with van der Waals surface area (Å²) in [7, 11) is 1.56. The van der Waals surface area contributed by atoms with Crippen molar-refractivity contribution in [2.24, 2.45) is 5.73 Å². The number of ether oxygens (including phenoxy) is 2. The van der Waals surface area contributed by atoms with E-state index in [1.165, 1.54) is 0 Å². The number of carbonyl (C=O) groups is 1. The van der Waals surface area contributed by atoms with Crippen molar-refractivity contribution in [3.8, 4) is 0 Å². The molecule has 1 heterocycles. The third-order valence-electron chi connectivity index (χ3n) is 3.95. The highest BCUT2D eigenvalue weighted by Crippen LogP contribution is 2.28. The second-order valence-electron chi connectivity index (χ2n) is 6.03. The van der Waals surface area contributed by atoms with Gasteiger partial charge in [-0.1, -0.05) is 12.1 Å². The van der Waals surface area contributed by atoms with Crippen LogP contribution in [0.3, 0.4) is 0 Å². The maximum atomic E-state index is 12.2. The van der Waals surface area contributed by atoms with Gasteiger partial charge < -0.3 is 25.4 Å². The van der Waals surface area contributed by atoms with Crippen LogP contribution in [-0.4, -0.2) is 51.0 Å². The zero-order valence-corrected chi connectivity index (χ0v) is 16.6. The van der Waals surface area contributed by atoms with Crippen molar-refractivity contribution in [3.05, 3.63) is 24.3 Å². The molecule has 3 atom stereocenters. The third kappa shape index (κ3) is 6.99.